The molecule has 1 amide bonds. The van der Waals surface area contributed by atoms with Crippen LogP contribution in [0.3, 0.4) is 0 Å². The van der Waals surface area contributed by atoms with E-state index >= 15 is 0 Å². The average molecular weight is 255 g/mol. The largest absolute Gasteiger partial charge is 0.352 e. The summed E-state index contributed by atoms with van der Waals surface area (Å²) in [4.78, 5) is 15.7. The van der Waals surface area contributed by atoms with Gasteiger partial charge in [0.1, 0.15) is 0 Å². The number of aromatic nitrogens is 1. The summed E-state index contributed by atoms with van der Waals surface area (Å²) in [7, 11) is 0. The Morgan fingerprint density at radius 3 is 2.71 bits per heavy atom. The third kappa shape index (κ3) is 5.18. The molecule has 0 saturated carbocycles. The quantitative estimate of drug-likeness (QED) is 0.761. The molecule has 1 rings (SSSR count). The van der Waals surface area contributed by atoms with Crippen LogP contribution in [0.5, 0.6) is 0 Å². The molecule has 94 valence electrons. The average Bonchev–Trinajstić information content (AvgIpc) is 2.37. The van der Waals surface area contributed by atoms with Gasteiger partial charge in [-0.25, -0.2) is 0 Å². The second-order valence-corrected chi connectivity index (χ2v) is 4.46. The number of hydrogen-bond acceptors (Lipinski definition) is 2. The van der Waals surface area contributed by atoms with Crippen molar-refractivity contribution in [2.75, 3.05) is 12.4 Å². The van der Waals surface area contributed by atoms with Crippen molar-refractivity contribution in [2.45, 2.75) is 26.2 Å². The van der Waals surface area contributed by atoms with Gasteiger partial charge >= 0.3 is 0 Å². The molecule has 0 saturated heterocycles. The maximum atomic E-state index is 11.8. The number of nitrogens with zero attached hydrogens (tertiary/aromatic N) is 1. The van der Waals surface area contributed by atoms with Crippen LogP contribution >= 0.6 is 11.6 Å². The van der Waals surface area contributed by atoms with E-state index < -0.39 is 0 Å². The molecule has 1 N–H and O–H groups in total. The van der Waals surface area contributed by atoms with Gasteiger partial charge in [-0.1, -0.05) is 13.3 Å². The highest BCUT2D eigenvalue weighted by Crippen LogP contribution is 2.11. The molecule has 1 atom stereocenters. The van der Waals surface area contributed by atoms with E-state index in [1.807, 2.05) is 0 Å². The molecule has 0 aliphatic carbocycles. The fraction of sp³-hybridized carbons (Fsp3) is 0.538. The molecule has 1 heterocycles. The van der Waals surface area contributed by atoms with Gasteiger partial charge in [-0.05, 0) is 30.9 Å². The predicted octanol–water partition coefficient (Wildman–Crippen LogP) is 2.86. The topological polar surface area (TPSA) is 42.0 Å². The van der Waals surface area contributed by atoms with E-state index in [0.717, 1.165) is 19.3 Å². The van der Waals surface area contributed by atoms with Gasteiger partial charge in [0.05, 0.1) is 0 Å². The van der Waals surface area contributed by atoms with Crippen molar-refractivity contribution in [1.29, 1.82) is 0 Å². The van der Waals surface area contributed by atoms with Crippen molar-refractivity contribution in [3.63, 3.8) is 0 Å². The predicted molar refractivity (Wildman–Crippen MR) is 70.3 cm³/mol. The van der Waals surface area contributed by atoms with Crippen LogP contribution in [0, 0.1) is 5.92 Å². The van der Waals surface area contributed by atoms with Crippen LogP contribution in [0.25, 0.3) is 0 Å². The van der Waals surface area contributed by atoms with E-state index in [1.165, 1.54) is 0 Å². The number of pyridine rings is 1. The number of nitrogens with one attached hydrogen (secondary N) is 1. The van der Waals surface area contributed by atoms with Crippen LogP contribution in [-0.2, 0) is 0 Å². The number of hydrogen-bond donors (Lipinski definition) is 1. The molecular weight excluding hydrogens is 236 g/mol. The summed E-state index contributed by atoms with van der Waals surface area (Å²) in [6.45, 7) is 2.84. The molecular formula is C13H19ClN2O. The lowest BCUT2D eigenvalue weighted by Crippen LogP contribution is -2.29. The minimum Gasteiger partial charge on any atom is -0.352 e. The normalized spacial score (nSPS) is 12.1. The standard InChI is InChI=1S/C13H19ClN2O/c1-2-3-11(4-7-14)10-16-13(17)12-5-8-15-9-6-12/h5-6,8-9,11H,2-4,7,10H2,1H3,(H,16,17). The zero-order chi connectivity index (χ0) is 12.5. The lowest BCUT2D eigenvalue weighted by molar-refractivity contribution is 0.0946. The van der Waals surface area contributed by atoms with Crippen molar-refractivity contribution < 1.29 is 4.79 Å². The Kier molecular flexibility index (Phi) is 6.63. The summed E-state index contributed by atoms with van der Waals surface area (Å²) in [5.74, 6) is 1.09. The number of alkyl halides is 1. The summed E-state index contributed by atoms with van der Waals surface area (Å²) < 4.78 is 0. The Morgan fingerprint density at radius 1 is 1.41 bits per heavy atom. The molecule has 4 heteroatoms. The van der Waals surface area contributed by atoms with Crippen LogP contribution in [0.1, 0.15) is 36.5 Å². The highest BCUT2D eigenvalue weighted by Gasteiger charge is 2.10. The van der Waals surface area contributed by atoms with E-state index in [1.54, 1.807) is 24.5 Å². The number of rotatable bonds is 7. The van der Waals surface area contributed by atoms with Crippen LogP contribution in [0.4, 0.5) is 0 Å². The molecule has 0 fully saturated rings. The molecule has 0 spiro atoms. The summed E-state index contributed by atoms with van der Waals surface area (Å²) >= 11 is 5.74. The number of carbonyl (C=O) groups is 1. The first-order chi connectivity index (χ1) is 8.27. The van der Waals surface area contributed by atoms with E-state index in [2.05, 4.69) is 17.2 Å². The Hall–Kier alpha value is -1.09. The highest BCUT2D eigenvalue weighted by atomic mass is 35.5. The van der Waals surface area contributed by atoms with Crippen molar-refractivity contribution in [2.24, 2.45) is 5.92 Å². The molecule has 3 nitrogen and oxygen atoms in total. The highest BCUT2D eigenvalue weighted by molar-refractivity contribution is 6.17. The summed E-state index contributed by atoms with van der Waals surface area (Å²) in [6.07, 6.45) is 6.41. The van der Waals surface area contributed by atoms with Gasteiger partial charge in [-0.2, -0.15) is 0 Å². The molecule has 17 heavy (non-hydrogen) atoms. The van der Waals surface area contributed by atoms with Crippen LogP contribution in [-0.4, -0.2) is 23.3 Å². The summed E-state index contributed by atoms with van der Waals surface area (Å²) in [5.41, 5.74) is 0.654. The smallest absolute Gasteiger partial charge is 0.251 e. The Bertz CT molecular complexity index is 323. The van der Waals surface area contributed by atoms with Crippen molar-refractivity contribution in [3.8, 4) is 0 Å². The van der Waals surface area contributed by atoms with Gasteiger partial charge in [-0.15, -0.1) is 11.6 Å². The minimum atomic E-state index is -0.0388. The zero-order valence-corrected chi connectivity index (χ0v) is 10.9. The third-order valence-corrected chi connectivity index (χ3v) is 2.93. The van der Waals surface area contributed by atoms with Crippen LogP contribution in [0.15, 0.2) is 24.5 Å². The van der Waals surface area contributed by atoms with E-state index in [0.29, 0.717) is 23.9 Å². The zero-order valence-electron chi connectivity index (χ0n) is 10.2. The second-order valence-electron chi connectivity index (χ2n) is 4.08. The van der Waals surface area contributed by atoms with Gasteiger partial charge in [0.25, 0.3) is 5.91 Å². The third-order valence-electron chi connectivity index (χ3n) is 2.71. The number of carbonyl (C=O) groups excluding carboxylic acids is 1. The molecule has 0 aromatic carbocycles. The SMILES string of the molecule is CCCC(CCCl)CNC(=O)c1ccncc1. The lowest BCUT2D eigenvalue weighted by Gasteiger charge is -2.15. The van der Waals surface area contributed by atoms with Gasteiger partial charge in [0.15, 0.2) is 0 Å². The fourth-order valence-corrected chi connectivity index (χ4v) is 2.06. The fourth-order valence-electron chi connectivity index (χ4n) is 1.75. The first kappa shape index (κ1) is 14.0. The first-order valence-corrected chi connectivity index (χ1v) is 6.55. The van der Waals surface area contributed by atoms with Crippen molar-refractivity contribution >= 4 is 17.5 Å². The lowest BCUT2D eigenvalue weighted by atomic mass is 10.0. The van der Waals surface area contributed by atoms with E-state index in [4.69, 9.17) is 11.6 Å². The molecule has 0 aliphatic rings. The van der Waals surface area contributed by atoms with Gasteiger partial charge in [-0.3, -0.25) is 9.78 Å². The molecule has 0 bridgehead atoms. The summed E-state index contributed by atoms with van der Waals surface area (Å²) in [6, 6.07) is 3.43. The van der Waals surface area contributed by atoms with E-state index in [9.17, 15) is 4.79 Å². The molecule has 1 unspecified atom stereocenters. The van der Waals surface area contributed by atoms with E-state index in [-0.39, 0.29) is 5.91 Å². The maximum absolute atomic E-state index is 11.8. The van der Waals surface area contributed by atoms with Gasteiger partial charge < -0.3 is 5.32 Å². The van der Waals surface area contributed by atoms with Crippen molar-refractivity contribution in [3.05, 3.63) is 30.1 Å². The maximum Gasteiger partial charge on any atom is 0.251 e. The molecule has 1 aromatic heterocycles. The van der Waals surface area contributed by atoms with Gasteiger partial charge in [0, 0.05) is 30.4 Å². The van der Waals surface area contributed by atoms with Crippen molar-refractivity contribution in [1.82, 2.24) is 10.3 Å². The molecule has 0 radical (unpaired) electrons. The molecule has 0 aliphatic heterocycles. The Morgan fingerprint density at radius 2 is 2.12 bits per heavy atom. The van der Waals surface area contributed by atoms with Crippen LogP contribution < -0.4 is 5.32 Å². The monoisotopic (exact) mass is 254 g/mol. The van der Waals surface area contributed by atoms with Gasteiger partial charge in [0.2, 0.25) is 0 Å². The first-order valence-electron chi connectivity index (χ1n) is 6.02. The second kappa shape index (κ2) is 8.07. The summed E-state index contributed by atoms with van der Waals surface area (Å²) in [5, 5.41) is 2.94. The number of amides is 1. The Labute approximate surface area is 108 Å². The minimum absolute atomic E-state index is 0.0388. The number of halogens is 1. The Balaban J connectivity index is 2.41. The molecule has 1 aromatic rings. The van der Waals surface area contributed by atoms with Crippen LogP contribution in [0.2, 0.25) is 0 Å².